The molecule has 0 heterocycles. The van der Waals surface area contributed by atoms with Crippen LogP contribution in [0.1, 0.15) is 45.6 Å². The van der Waals surface area contributed by atoms with Crippen molar-refractivity contribution >= 4 is 11.6 Å². The molecule has 2 fully saturated rings. The molecule has 3 heteroatoms. The van der Waals surface area contributed by atoms with E-state index in [9.17, 15) is 4.39 Å². The molecule has 0 saturated heterocycles. The lowest BCUT2D eigenvalue weighted by molar-refractivity contribution is 0.120. The second kappa shape index (κ2) is 4.71. The third-order valence-corrected chi connectivity index (χ3v) is 6.62. The Labute approximate surface area is 125 Å². The Bertz CT molecular complexity index is 528. The quantitative estimate of drug-likeness (QED) is 0.846. The molecule has 1 nitrogen and oxygen atoms in total. The lowest BCUT2D eigenvalue weighted by atomic mass is 9.69. The van der Waals surface area contributed by atoms with Crippen LogP contribution in [0.4, 0.5) is 4.39 Å². The van der Waals surface area contributed by atoms with Gasteiger partial charge in [0, 0.05) is 12.6 Å². The van der Waals surface area contributed by atoms with Crippen LogP contribution >= 0.6 is 11.6 Å². The Balaban J connectivity index is 1.69. The van der Waals surface area contributed by atoms with Gasteiger partial charge in [0.2, 0.25) is 0 Å². The SMILES string of the molecule is CC1(C)[C@H]2CC[C@]1(C)[C@H](NCc1ccc(F)c(Cl)c1)C2. The van der Waals surface area contributed by atoms with E-state index < -0.39 is 0 Å². The van der Waals surface area contributed by atoms with E-state index in [1.807, 2.05) is 6.07 Å². The summed E-state index contributed by atoms with van der Waals surface area (Å²) in [6.45, 7) is 8.03. The van der Waals surface area contributed by atoms with Gasteiger partial charge in [-0.1, -0.05) is 38.4 Å². The zero-order valence-corrected chi connectivity index (χ0v) is 13.2. The minimum absolute atomic E-state index is 0.212. The summed E-state index contributed by atoms with van der Waals surface area (Å²) in [7, 11) is 0. The van der Waals surface area contributed by atoms with Crippen molar-refractivity contribution in [2.45, 2.75) is 52.6 Å². The first-order valence-electron chi connectivity index (χ1n) is 7.52. The van der Waals surface area contributed by atoms with Crippen molar-refractivity contribution in [3.05, 3.63) is 34.6 Å². The normalized spacial score (nSPS) is 34.6. The molecule has 20 heavy (non-hydrogen) atoms. The molecule has 1 N–H and O–H groups in total. The molecule has 0 spiro atoms. The second-order valence-corrected chi connectivity index (χ2v) is 7.70. The molecular weight excluding hydrogens is 273 g/mol. The molecule has 2 aliphatic carbocycles. The molecule has 1 aromatic carbocycles. The molecule has 0 aliphatic heterocycles. The Hall–Kier alpha value is -0.600. The summed E-state index contributed by atoms with van der Waals surface area (Å²) < 4.78 is 13.2. The van der Waals surface area contributed by atoms with Gasteiger partial charge in [-0.2, -0.15) is 0 Å². The van der Waals surface area contributed by atoms with E-state index in [0.717, 1.165) is 18.0 Å². The van der Waals surface area contributed by atoms with Gasteiger partial charge < -0.3 is 5.32 Å². The number of hydrogen-bond acceptors (Lipinski definition) is 1. The van der Waals surface area contributed by atoms with Crippen molar-refractivity contribution in [2.75, 3.05) is 0 Å². The van der Waals surface area contributed by atoms with Crippen LogP contribution < -0.4 is 5.32 Å². The van der Waals surface area contributed by atoms with Gasteiger partial charge in [-0.25, -0.2) is 4.39 Å². The van der Waals surface area contributed by atoms with Crippen molar-refractivity contribution in [3.63, 3.8) is 0 Å². The van der Waals surface area contributed by atoms with Crippen molar-refractivity contribution in [1.82, 2.24) is 5.32 Å². The topological polar surface area (TPSA) is 12.0 Å². The highest BCUT2D eigenvalue weighted by Gasteiger charge is 2.60. The van der Waals surface area contributed by atoms with E-state index >= 15 is 0 Å². The largest absolute Gasteiger partial charge is 0.309 e. The van der Waals surface area contributed by atoms with E-state index in [1.165, 1.54) is 25.3 Å². The van der Waals surface area contributed by atoms with Crippen LogP contribution in [0, 0.1) is 22.6 Å². The molecule has 3 atom stereocenters. The maximum Gasteiger partial charge on any atom is 0.141 e. The van der Waals surface area contributed by atoms with Gasteiger partial charge in [0.1, 0.15) is 5.82 Å². The third-order valence-electron chi connectivity index (χ3n) is 6.33. The number of benzene rings is 1. The zero-order valence-electron chi connectivity index (χ0n) is 12.5. The molecular formula is C17H23ClFN. The first-order valence-corrected chi connectivity index (χ1v) is 7.90. The van der Waals surface area contributed by atoms with E-state index in [-0.39, 0.29) is 10.8 Å². The summed E-state index contributed by atoms with van der Waals surface area (Å²) in [6.07, 6.45) is 3.94. The molecule has 2 saturated carbocycles. The number of halogens is 2. The summed E-state index contributed by atoms with van der Waals surface area (Å²) in [5.74, 6) is 0.491. The highest BCUT2D eigenvalue weighted by molar-refractivity contribution is 6.30. The zero-order chi connectivity index (χ0) is 14.5. The van der Waals surface area contributed by atoms with Crippen molar-refractivity contribution in [1.29, 1.82) is 0 Å². The van der Waals surface area contributed by atoms with Gasteiger partial charge >= 0.3 is 0 Å². The fraction of sp³-hybridized carbons (Fsp3) is 0.647. The van der Waals surface area contributed by atoms with Crippen LogP contribution in [0.15, 0.2) is 18.2 Å². The van der Waals surface area contributed by atoms with Crippen LogP contribution in [0.2, 0.25) is 5.02 Å². The van der Waals surface area contributed by atoms with Crippen LogP contribution in [-0.2, 0) is 6.54 Å². The van der Waals surface area contributed by atoms with Crippen molar-refractivity contribution < 1.29 is 4.39 Å². The minimum atomic E-state index is -0.344. The van der Waals surface area contributed by atoms with Crippen molar-refractivity contribution in [2.24, 2.45) is 16.7 Å². The molecule has 110 valence electrons. The molecule has 3 rings (SSSR count). The van der Waals surface area contributed by atoms with Gasteiger partial charge in [0.25, 0.3) is 0 Å². The molecule has 2 aliphatic rings. The summed E-state index contributed by atoms with van der Waals surface area (Å²) in [5, 5.41) is 3.90. The van der Waals surface area contributed by atoms with Gasteiger partial charge in [0.15, 0.2) is 0 Å². The minimum Gasteiger partial charge on any atom is -0.309 e. The molecule has 0 unspecified atom stereocenters. The van der Waals surface area contributed by atoms with Crippen LogP contribution in [-0.4, -0.2) is 6.04 Å². The molecule has 0 radical (unpaired) electrons. The smallest absolute Gasteiger partial charge is 0.141 e. The van der Waals surface area contributed by atoms with E-state index in [2.05, 4.69) is 26.1 Å². The maximum absolute atomic E-state index is 13.2. The fourth-order valence-corrected chi connectivity index (χ4v) is 4.61. The van der Waals surface area contributed by atoms with Crippen molar-refractivity contribution in [3.8, 4) is 0 Å². The highest BCUT2D eigenvalue weighted by Crippen LogP contribution is 2.65. The molecule has 1 aromatic rings. The van der Waals surface area contributed by atoms with Gasteiger partial charge in [-0.3, -0.25) is 0 Å². The average molecular weight is 296 g/mol. The number of fused-ring (bicyclic) bond motifs is 2. The summed E-state index contributed by atoms with van der Waals surface area (Å²) in [4.78, 5) is 0. The monoisotopic (exact) mass is 295 g/mol. The maximum atomic E-state index is 13.2. The van der Waals surface area contributed by atoms with E-state index in [1.54, 1.807) is 6.07 Å². The van der Waals surface area contributed by atoms with E-state index in [0.29, 0.717) is 16.9 Å². The van der Waals surface area contributed by atoms with Gasteiger partial charge in [-0.15, -0.1) is 0 Å². The lowest BCUT2D eigenvalue weighted by Gasteiger charge is -2.39. The average Bonchev–Trinajstić information content (AvgIpc) is 2.73. The standard InChI is InChI=1S/C17H23ClFN/c1-16(2)12-6-7-17(16,3)15(9-12)20-10-11-4-5-14(19)13(18)8-11/h4-5,8,12,15,20H,6-7,9-10H2,1-3H3/t12-,15+,17+/m0/s1. The Morgan fingerprint density at radius 2 is 2.10 bits per heavy atom. The van der Waals surface area contributed by atoms with Crippen LogP contribution in [0.3, 0.4) is 0 Å². The number of nitrogens with one attached hydrogen (secondary N) is 1. The number of rotatable bonds is 3. The van der Waals surface area contributed by atoms with Crippen LogP contribution in [0.25, 0.3) is 0 Å². The first-order chi connectivity index (χ1) is 9.34. The molecule has 2 bridgehead atoms. The Kier molecular flexibility index (Phi) is 3.38. The molecule has 0 aromatic heterocycles. The van der Waals surface area contributed by atoms with Gasteiger partial charge in [-0.05, 0) is 53.7 Å². The Morgan fingerprint density at radius 1 is 1.35 bits per heavy atom. The lowest BCUT2D eigenvalue weighted by Crippen LogP contribution is -2.44. The van der Waals surface area contributed by atoms with Crippen LogP contribution in [0.5, 0.6) is 0 Å². The third kappa shape index (κ3) is 2.00. The number of hydrogen-bond donors (Lipinski definition) is 1. The Morgan fingerprint density at radius 3 is 2.65 bits per heavy atom. The first kappa shape index (κ1) is 14.3. The highest BCUT2D eigenvalue weighted by atomic mass is 35.5. The predicted octanol–water partition coefficient (Wildman–Crippen LogP) is 4.78. The second-order valence-electron chi connectivity index (χ2n) is 7.29. The summed E-state index contributed by atoms with van der Waals surface area (Å²) >= 11 is 5.84. The molecule has 0 amide bonds. The van der Waals surface area contributed by atoms with Gasteiger partial charge in [0.05, 0.1) is 5.02 Å². The van der Waals surface area contributed by atoms with E-state index in [4.69, 9.17) is 11.6 Å². The predicted molar refractivity (Wildman–Crippen MR) is 81.3 cm³/mol. The fourth-order valence-electron chi connectivity index (χ4n) is 4.40. The summed E-state index contributed by atoms with van der Waals surface area (Å²) in [5.41, 5.74) is 1.85. The summed E-state index contributed by atoms with van der Waals surface area (Å²) in [6, 6.07) is 5.55.